The van der Waals surface area contributed by atoms with Crippen LogP contribution in [0.4, 0.5) is 0 Å². The Bertz CT molecular complexity index is 499. The number of amides is 1. The number of ether oxygens (including phenoxy) is 1. The Morgan fingerprint density at radius 1 is 1.36 bits per heavy atom. The molecule has 1 fully saturated rings. The summed E-state index contributed by atoms with van der Waals surface area (Å²) >= 11 is 0. The highest BCUT2D eigenvalue weighted by molar-refractivity contribution is 5.85. The third-order valence-electron chi connectivity index (χ3n) is 3.95. The number of benzene rings is 1. The van der Waals surface area contributed by atoms with Crippen molar-refractivity contribution in [2.75, 3.05) is 13.1 Å². The molecule has 2 N–H and O–H groups in total. The van der Waals surface area contributed by atoms with Gasteiger partial charge in [0.2, 0.25) is 0 Å². The lowest BCUT2D eigenvalue weighted by molar-refractivity contribution is -0.127. The number of nitrogens with one attached hydrogen (secondary N) is 2. The van der Waals surface area contributed by atoms with Gasteiger partial charge >= 0.3 is 0 Å². The summed E-state index contributed by atoms with van der Waals surface area (Å²) in [5.41, 5.74) is 2.52. The number of carbonyl (C=O) groups excluding carboxylic acids is 1. The van der Waals surface area contributed by atoms with Gasteiger partial charge in [-0.25, -0.2) is 0 Å². The molecule has 0 aliphatic carbocycles. The zero-order valence-electron chi connectivity index (χ0n) is 13.8. The molecule has 2 unspecified atom stereocenters. The Labute approximate surface area is 139 Å². The van der Waals surface area contributed by atoms with Crippen LogP contribution in [0, 0.1) is 6.92 Å². The van der Waals surface area contributed by atoms with Crippen molar-refractivity contribution < 1.29 is 9.53 Å². The lowest BCUT2D eigenvalue weighted by Gasteiger charge is -2.19. The molecule has 1 aromatic carbocycles. The Morgan fingerprint density at radius 2 is 2.09 bits per heavy atom. The molecule has 0 aromatic heterocycles. The lowest BCUT2D eigenvalue weighted by Crippen LogP contribution is -2.43. The number of aryl methyl sites for hydroxylation is 1. The van der Waals surface area contributed by atoms with Crippen molar-refractivity contribution in [3.05, 3.63) is 29.3 Å². The molecule has 0 bridgehead atoms. The minimum Gasteiger partial charge on any atom is -0.481 e. The number of halogens is 1. The van der Waals surface area contributed by atoms with Crippen LogP contribution in [0.15, 0.2) is 18.2 Å². The van der Waals surface area contributed by atoms with Gasteiger partial charge in [-0.15, -0.1) is 12.4 Å². The molecular weight excluding hydrogens is 300 g/mol. The second-order valence-electron chi connectivity index (χ2n) is 6.13. The second kappa shape index (κ2) is 8.39. The fraction of sp³-hybridized carbons (Fsp3) is 0.588. The summed E-state index contributed by atoms with van der Waals surface area (Å²) in [4.78, 5) is 12.1. The van der Waals surface area contributed by atoms with Gasteiger partial charge in [-0.3, -0.25) is 4.79 Å². The maximum atomic E-state index is 12.1. The highest BCUT2D eigenvalue weighted by Crippen LogP contribution is 2.24. The average molecular weight is 327 g/mol. The van der Waals surface area contributed by atoms with Gasteiger partial charge < -0.3 is 15.4 Å². The van der Waals surface area contributed by atoms with Crippen LogP contribution in [-0.2, 0) is 4.79 Å². The fourth-order valence-corrected chi connectivity index (χ4v) is 2.72. The van der Waals surface area contributed by atoms with Gasteiger partial charge in [0.05, 0.1) is 0 Å². The lowest BCUT2D eigenvalue weighted by atomic mass is 9.98. The van der Waals surface area contributed by atoms with E-state index in [2.05, 4.69) is 37.5 Å². The quantitative estimate of drug-likeness (QED) is 0.874. The smallest absolute Gasteiger partial charge is 0.261 e. The third kappa shape index (κ3) is 4.89. The molecule has 0 saturated carbocycles. The van der Waals surface area contributed by atoms with Crippen LogP contribution in [-0.4, -0.2) is 31.1 Å². The molecule has 1 aliphatic rings. The van der Waals surface area contributed by atoms with E-state index in [1.807, 2.05) is 12.1 Å². The molecule has 1 heterocycles. The van der Waals surface area contributed by atoms with E-state index < -0.39 is 6.10 Å². The first kappa shape index (κ1) is 18.8. The molecular formula is C17H27ClN2O2. The van der Waals surface area contributed by atoms with E-state index in [4.69, 9.17) is 4.74 Å². The number of hydrogen-bond donors (Lipinski definition) is 2. The summed E-state index contributed by atoms with van der Waals surface area (Å²) in [6.45, 7) is 10.0. The van der Waals surface area contributed by atoms with E-state index in [9.17, 15) is 4.79 Å². The molecule has 2 atom stereocenters. The van der Waals surface area contributed by atoms with E-state index in [0.717, 1.165) is 25.3 Å². The molecule has 2 rings (SSSR count). The van der Waals surface area contributed by atoms with Crippen LogP contribution in [0.1, 0.15) is 44.2 Å². The molecule has 1 aliphatic heterocycles. The normalized spacial score (nSPS) is 18.7. The van der Waals surface area contributed by atoms with Gasteiger partial charge in [-0.2, -0.15) is 0 Å². The van der Waals surface area contributed by atoms with Gasteiger partial charge in [0.1, 0.15) is 5.75 Å². The monoisotopic (exact) mass is 326 g/mol. The van der Waals surface area contributed by atoms with Gasteiger partial charge in [0.25, 0.3) is 5.91 Å². The summed E-state index contributed by atoms with van der Waals surface area (Å²) in [7, 11) is 0. The van der Waals surface area contributed by atoms with E-state index in [-0.39, 0.29) is 24.4 Å². The van der Waals surface area contributed by atoms with Crippen molar-refractivity contribution in [1.82, 2.24) is 10.6 Å². The molecule has 0 spiro atoms. The van der Waals surface area contributed by atoms with Crippen LogP contribution in [0.3, 0.4) is 0 Å². The van der Waals surface area contributed by atoms with Gasteiger partial charge in [-0.1, -0.05) is 19.9 Å². The summed E-state index contributed by atoms with van der Waals surface area (Å²) in [5, 5.41) is 6.25. The maximum absolute atomic E-state index is 12.1. The maximum Gasteiger partial charge on any atom is 0.261 e. The van der Waals surface area contributed by atoms with Gasteiger partial charge in [0.15, 0.2) is 6.10 Å². The minimum absolute atomic E-state index is 0. The van der Waals surface area contributed by atoms with E-state index in [0.29, 0.717) is 5.92 Å². The van der Waals surface area contributed by atoms with Crippen molar-refractivity contribution in [1.29, 1.82) is 0 Å². The molecule has 1 aromatic rings. The number of carbonyl (C=O) groups is 1. The predicted octanol–water partition coefficient (Wildman–Crippen LogP) is 2.79. The van der Waals surface area contributed by atoms with Crippen LogP contribution in [0.25, 0.3) is 0 Å². The Morgan fingerprint density at radius 3 is 2.64 bits per heavy atom. The Balaban J connectivity index is 0.00000242. The largest absolute Gasteiger partial charge is 0.481 e. The third-order valence-corrected chi connectivity index (χ3v) is 3.95. The first-order chi connectivity index (χ1) is 9.97. The van der Waals surface area contributed by atoms with Crippen molar-refractivity contribution in [2.24, 2.45) is 0 Å². The van der Waals surface area contributed by atoms with Crippen molar-refractivity contribution in [3.63, 3.8) is 0 Å². The standard InChI is InChI=1S/C17H26N2O2.ClH/c1-11(2)16-6-5-15(9-12(16)3)21-13(4)17(20)19-14-7-8-18-10-14;/h5-6,9,11,13-14,18H,7-8,10H2,1-4H3,(H,19,20);1H. The summed E-state index contributed by atoms with van der Waals surface area (Å²) in [6.07, 6.45) is 0.510. The first-order valence-corrected chi connectivity index (χ1v) is 7.75. The highest BCUT2D eigenvalue weighted by Gasteiger charge is 2.21. The number of rotatable bonds is 5. The summed E-state index contributed by atoms with van der Waals surface area (Å²) in [6, 6.07) is 6.27. The molecule has 4 nitrogen and oxygen atoms in total. The second-order valence-corrected chi connectivity index (χ2v) is 6.13. The van der Waals surface area contributed by atoms with Crippen LogP contribution in [0.5, 0.6) is 5.75 Å². The van der Waals surface area contributed by atoms with E-state index >= 15 is 0 Å². The van der Waals surface area contributed by atoms with Gasteiger partial charge in [-0.05, 0) is 56.0 Å². The predicted molar refractivity (Wildman–Crippen MR) is 92.0 cm³/mol. The van der Waals surface area contributed by atoms with Crippen LogP contribution < -0.4 is 15.4 Å². The van der Waals surface area contributed by atoms with E-state index in [1.54, 1.807) is 6.92 Å². The topological polar surface area (TPSA) is 50.4 Å². The van der Waals surface area contributed by atoms with Crippen LogP contribution in [0.2, 0.25) is 0 Å². The number of hydrogen-bond acceptors (Lipinski definition) is 3. The van der Waals surface area contributed by atoms with Crippen LogP contribution >= 0.6 is 12.4 Å². The Kier molecular flexibility index (Phi) is 7.17. The Hall–Kier alpha value is -1.26. The zero-order valence-corrected chi connectivity index (χ0v) is 14.6. The highest BCUT2D eigenvalue weighted by atomic mass is 35.5. The minimum atomic E-state index is -0.477. The molecule has 5 heteroatoms. The molecule has 22 heavy (non-hydrogen) atoms. The molecule has 0 radical (unpaired) electrons. The molecule has 1 saturated heterocycles. The first-order valence-electron chi connectivity index (χ1n) is 7.75. The fourth-order valence-electron chi connectivity index (χ4n) is 2.72. The van der Waals surface area contributed by atoms with Crippen molar-refractivity contribution in [2.45, 2.75) is 52.2 Å². The molecule has 124 valence electrons. The summed E-state index contributed by atoms with van der Waals surface area (Å²) in [5.74, 6) is 1.20. The van der Waals surface area contributed by atoms with Crippen molar-refractivity contribution >= 4 is 18.3 Å². The average Bonchev–Trinajstić information content (AvgIpc) is 2.91. The summed E-state index contributed by atoms with van der Waals surface area (Å²) < 4.78 is 5.77. The van der Waals surface area contributed by atoms with E-state index in [1.165, 1.54) is 11.1 Å². The molecule has 1 amide bonds. The SMILES string of the molecule is Cc1cc(OC(C)C(=O)NC2CCNC2)ccc1C(C)C.Cl. The van der Waals surface area contributed by atoms with Gasteiger partial charge in [0, 0.05) is 12.6 Å². The van der Waals surface area contributed by atoms with Crippen molar-refractivity contribution in [3.8, 4) is 5.75 Å². The zero-order chi connectivity index (χ0) is 15.4.